The summed E-state index contributed by atoms with van der Waals surface area (Å²) in [6, 6.07) is 10.8. The minimum absolute atomic E-state index is 0.149. The molecular formula is C30H32FN7O2. The van der Waals surface area contributed by atoms with Crippen LogP contribution in [0.15, 0.2) is 55.0 Å². The molecule has 3 N–H and O–H groups in total. The number of likely N-dealkylation sites (tertiary alicyclic amines) is 1. The number of carbonyl (C=O) groups is 1. The summed E-state index contributed by atoms with van der Waals surface area (Å²) in [4.78, 5) is 26.4. The fourth-order valence-electron chi connectivity index (χ4n) is 6.71. The van der Waals surface area contributed by atoms with Gasteiger partial charge in [-0.25, -0.2) is 14.4 Å². The van der Waals surface area contributed by atoms with Gasteiger partial charge in [-0.3, -0.25) is 9.20 Å². The van der Waals surface area contributed by atoms with Crippen molar-refractivity contribution in [1.82, 2.24) is 24.6 Å². The van der Waals surface area contributed by atoms with Crippen LogP contribution < -0.4 is 15.5 Å². The molecular weight excluding hydrogens is 509 g/mol. The van der Waals surface area contributed by atoms with Gasteiger partial charge in [-0.1, -0.05) is 6.07 Å². The molecule has 40 heavy (non-hydrogen) atoms. The van der Waals surface area contributed by atoms with Crippen LogP contribution in [-0.2, 0) is 6.54 Å². The van der Waals surface area contributed by atoms with Crippen molar-refractivity contribution in [1.29, 1.82) is 0 Å². The minimum Gasteiger partial charge on any atom is -0.388 e. The third-order valence-electron chi connectivity index (χ3n) is 8.86. The highest BCUT2D eigenvalue weighted by Crippen LogP contribution is 2.37. The van der Waals surface area contributed by atoms with Gasteiger partial charge in [0.2, 0.25) is 0 Å². The highest BCUT2D eigenvalue weighted by molar-refractivity contribution is 6.06. The summed E-state index contributed by atoms with van der Waals surface area (Å²) in [5, 5.41) is 17.6. The molecule has 4 aromatic rings. The molecule has 6 heterocycles. The van der Waals surface area contributed by atoms with Crippen LogP contribution in [0.3, 0.4) is 0 Å². The van der Waals surface area contributed by atoms with E-state index in [2.05, 4.69) is 37.4 Å². The van der Waals surface area contributed by atoms with Crippen molar-refractivity contribution in [3.05, 3.63) is 71.9 Å². The van der Waals surface area contributed by atoms with E-state index in [4.69, 9.17) is 0 Å². The predicted molar refractivity (Wildman–Crippen MR) is 151 cm³/mol. The number of piperidine rings is 1. The molecule has 0 saturated carbocycles. The van der Waals surface area contributed by atoms with Crippen molar-refractivity contribution >= 4 is 28.7 Å². The number of halogens is 1. The zero-order chi connectivity index (χ0) is 27.4. The highest BCUT2D eigenvalue weighted by Gasteiger charge is 2.43. The number of hydrogen-bond acceptors (Lipinski definition) is 7. The molecule has 1 unspecified atom stereocenters. The molecule has 10 heteroatoms. The van der Waals surface area contributed by atoms with E-state index in [1.165, 1.54) is 12.1 Å². The number of pyridine rings is 2. The number of benzene rings is 1. The van der Waals surface area contributed by atoms with Gasteiger partial charge in [0, 0.05) is 43.5 Å². The van der Waals surface area contributed by atoms with Crippen molar-refractivity contribution < 1.29 is 14.3 Å². The molecule has 7 rings (SSSR count). The molecule has 0 spiro atoms. The summed E-state index contributed by atoms with van der Waals surface area (Å²) in [5.74, 6) is 0.151. The van der Waals surface area contributed by atoms with Crippen LogP contribution in [0.5, 0.6) is 0 Å². The second-order valence-electron chi connectivity index (χ2n) is 11.2. The van der Waals surface area contributed by atoms with Crippen LogP contribution in [0.1, 0.15) is 41.6 Å². The first-order chi connectivity index (χ1) is 19.4. The Kier molecular flexibility index (Phi) is 5.97. The SMILES string of the molecule is CN1CCCC1C1(O)CCN(c2ccc(Nc3ccc(-c4cnc5cc(F)ccn45)c4c3C(=O)NC4)nc2)CC1. The van der Waals surface area contributed by atoms with Crippen LogP contribution >= 0.6 is 0 Å². The largest absolute Gasteiger partial charge is 0.388 e. The average Bonchev–Trinajstić information content (AvgIpc) is 3.69. The smallest absolute Gasteiger partial charge is 0.254 e. The number of nitrogens with one attached hydrogen (secondary N) is 2. The summed E-state index contributed by atoms with van der Waals surface area (Å²) in [6.07, 6.45) is 8.91. The molecule has 9 nitrogen and oxygen atoms in total. The Bertz CT molecular complexity index is 1590. The summed E-state index contributed by atoms with van der Waals surface area (Å²) in [7, 11) is 2.12. The molecule has 1 aromatic carbocycles. The van der Waals surface area contributed by atoms with E-state index in [0.717, 1.165) is 67.8 Å². The maximum Gasteiger partial charge on any atom is 0.254 e. The summed E-state index contributed by atoms with van der Waals surface area (Å²) >= 11 is 0. The van der Waals surface area contributed by atoms with Gasteiger partial charge in [0.1, 0.15) is 17.3 Å². The van der Waals surface area contributed by atoms with Crippen molar-refractivity contribution in [2.24, 2.45) is 0 Å². The first kappa shape index (κ1) is 25.0. The molecule has 0 radical (unpaired) electrons. The van der Waals surface area contributed by atoms with E-state index in [1.54, 1.807) is 12.4 Å². The average molecular weight is 542 g/mol. The molecule has 3 aliphatic heterocycles. The molecule has 3 aliphatic rings. The third kappa shape index (κ3) is 4.18. The molecule has 1 atom stereocenters. The van der Waals surface area contributed by atoms with Gasteiger partial charge in [0.25, 0.3) is 5.91 Å². The Morgan fingerprint density at radius 3 is 2.70 bits per heavy atom. The second kappa shape index (κ2) is 9.57. The second-order valence-corrected chi connectivity index (χ2v) is 11.2. The number of anilines is 3. The van der Waals surface area contributed by atoms with Gasteiger partial charge in [-0.05, 0) is 69.1 Å². The lowest BCUT2D eigenvalue weighted by Crippen LogP contribution is -2.55. The summed E-state index contributed by atoms with van der Waals surface area (Å²) in [5.41, 5.74) is 4.70. The van der Waals surface area contributed by atoms with E-state index in [0.29, 0.717) is 29.3 Å². The molecule has 206 valence electrons. The van der Waals surface area contributed by atoms with Gasteiger partial charge < -0.3 is 25.5 Å². The number of amides is 1. The van der Waals surface area contributed by atoms with Gasteiger partial charge in [-0.2, -0.15) is 0 Å². The maximum atomic E-state index is 13.7. The number of hydrogen-bond donors (Lipinski definition) is 3. The van der Waals surface area contributed by atoms with Crippen molar-refractivity contribution in [3.63, 3.8) is 0 Å². The van der Waals surface area contributed by atoms with Crippen molar-refractivity contribution in [2.75, 3.05) is 36.9 Å². The Labute approximate surface area is 231 Å². The predicted octanol–water partition coefficient (Wildman–Crippen LogP) is 3.95. The van der Waals surface area contributed by atoms with E-state index in [-0.39, 0.29) is 17.8 Å². The number of carbonyl (C=O) groups excluding carboxylic acids is 1. The number of imidazole rings is 1. The number of fused-ring (bicyclic) bond motifs is 2. The lowest BCUT2D eigenvalue weighted by atomic mass is 9.83. The minimum atomic E-state index is -0.622. The Morgan fingerprint density at radius 1 is 1.10 bits per heavy atom. The van der Waals surface area contributed by atoms with Crippen molar-refractivity contribution in [2.45, 2.75) is 43.9 Å². The zero-order valence-electron chi connectivity index (χ0n) is 22.4. The Hall–Kier alpha value is -4.02. The quantitative estimate of drug-likeness (QED) is 0.352. The monoisotopic (exact) mass is 541 g/mol. The lowest BCUT2D eigenvalue weighted by Gasteiger charge is -2.44. The summed E-state index contributed by atoms with van der Waals surface area (Å²) < 4.78 is 15.5. The lowest BCUT2D eigenvalue weighted by molar-refractivity contribution is -0.0449. The fraction of sp³-hybridized carbons (Fsp3) is 0.367. The molecule has 3 aromatic heterocycles. The number of aliphatic hydroxyl groups is 1. The Morgan fingerprint density at radius 2 is 1.95 bits per heavy atom. The molecule has 1 amide bonds. The topological polar surface area (TPSA) is 98.0 Å². The first-order valence-corrected chi connectivity index (χ1v) is 13.9. The van der Waals surface area contributed by atoms with E-state index in [1.807, 2.05) is 34.9 Å². The standard InChI is InChI=1S/C30H32FN7O2/c1-36-11-2-3-25(36)30(40)9-13-37(14-10-30)20-4-7-26(32-16-20)35-23-6-5-21(22-17-34-29(39)28(22)23)24-18-33-27-15-19(31)8-12-38(24)27/h4-8,12,15-16,18,25,40H,2-3,9-11,13-14,17H2,1H3,(H,32,35)(H,34,39). The molecule has 0 bridgehead atoms. The highest BCUT2D eigenvalue weighted by atomic mass is 19.1. The number of likely N-dealkylation sites (N-methyl/N-ethyl adjacent to an activating group) is 1. The Balaban J connectivity index is 1.09. The first-order valence-electron chi connectivity index (χ1n) is 13.9. The fourth-order valence-corrected chi connectivity index (χ4v) is 6.71. The van der Waals surface area contributed by atoms with E-state index < -0.39 is 5.60 Å². The normalized spacial score (nSPS) is 20.6. The van der Waals surface area contributed by atoms with E-state index in [9.17, 15) is 14.3 Å². The third-order valence-corrected chi connectivity index (χ3v) is 8.86. The molecule has 2 fully saturated rings. The number of nitrogens with zero attached hydrogens (tertiary/aromatic N) is 5. The summed E-state index contributed by atoms with van der Waals surface area (Å²) in [6.45, 7) is 3.04. The number of rotatable bonds is 5. The van der Waals surface area contributed by atoms with Gasteiger partial charge in [0.05, 0.1) is 40.6 Å². The number of aromatic nitrogens is 3. The van der Waals surface area contributed by atoms with E-state index >= 15 is 0 Å². The van der Waals surface area contributed by atoms with Crippen LogP contribution in [0.4, 0.5) is 21.6 Å². The molecule has 2 saturated heterocycles. The van der Waals surface area contributed by atoms with Crippen LogP contribution in [-0.4, -0.2) is 68.6 Å². The van der Waals surface area contributed by atoms with Crippen molar-refractivity contribution in [3.8, 4) is 11.3 Å². The zero-order valence-corrected chi connectivity index (χ0v) is 22.4. The van der Waals surface area contributed by atoms with Crippen LogP contribution in [0.25, 0.3) is 16.9 Å². The maximum absolute atomic E-state index is 13.7. The van der Waals surface area contributed by atoms with Crippen LogP contribution in [0.2, 0.25) is 0 Å². The van der Waals surface area contributed by atoms with Crippen LogP contribution in [0, 0.1) is 5.82 Å². The van der Waals surface area contributed by atoms with Gasteiger partial charge in [0.15, 0.2) is 0 Å². The van der Waals surface area contributed by atoms with Gasteiger partial charge in [-0.15, -0.1) is 0 Å². The van der Waals surface area contributed by atoms with Gasteiger partial charge >= 0.3 is 0 Å². The molecule has 0 aliphatic carbocycles.